The molecule has 0 spiro atoms. The van der Waals surface area contributed by atoms with Gasteiger partial charge in [0.25, 0.3) is 5.56 Å². The molecule has 0 aliphatic rings. The highest BCUT2D eigenvalue weighted by atomic mass is 16.5. The van der Waals surface area contributed by atoms with Gasteiger partial charge in [-0.2, -0.15) is 5.16 Å². The summed E-state index contributed by atoms with van der Waals surface area (Å²) in [7, 11) is 3.18. The monoisotopic (exact) mass is 200 g/mol. The second kappa shape index (κ2) is 3.67. The normalized spacial score (nSPS) is 13.1. The number of aryl methyl sites for hydroxylation is 1. The molecule has 2 N–H and O–H groups in total. The van der Waals surface area contributed by atoms with E-state index in [-0.39, 0.29) is 5.56 Å². The van der Waals surface area contributed by atoms with Gasteiger partial charge >= 0.3 is 5.97 Å². The quantitative estimate of drug-likeness (QED) is 0.715. The maximum Gasteiger partial charge on any atom is 0.325 e. The molecule has 0 aromatic carbocycles. The number of hydrogen-bond donors (Lipinski definition) is 2. The molecule has 6 heteroatoms. The molecule has 0 radical (unpaired) electrons. The summed E-state index contributed by atoms with van der Waals surface area (Å²) in [5.74, 6) is -0.777. The molecule has 14 heavy (non-hydrogen) atoms. The molecule has 78 valence electrons. The van der Waals surface area contributed by atoms with E-state index < -0.39 is 17.6 Å². The lowest BCUT2D eigenvalue weighted by molar-refractivity contribution is -0.142. The van der Waals surface area contributed by atoms with Gasteiger partial charge in [0.2, 0.25) is 0 Å². The minimum atomic E-state index is -1.08. The van der Waals surface area contributed by atoms with Crippen molar-refractivity contribution in [3.8, 4) is 0 Å². The van der Waals surface area contributed by atoms with Crippen LogP contribution in [0.1, 0.15) is 17.4 Å². The summed E-state index contributed by atoms with van der Waals surface area (Å²) in [6.45, 7) is 1.55. The highest BCUT2D eigenvalue weighted by Gasteiger charge is 2.28. The van der Waals surface area contributed by atoms with E-state index in [1.54, 1.807) is 21.0 Å². The van der Waals surface area contributed by atoms with Gasteiger partial charge in [-0.05, 0) is 21.0 Å². The fourth-order valence-electron chi connectivity index (χ4n) is 1.31. The van der Waals surface area contributed by atoms with Gasteiger partial charge in [-0.1, -0.05) is 0 Å². The van der Waals surface area contributed by atoms with Crippen LogP contribution in [-0.4, -0.2) is 35.2 Å². The predicted octanol–water partition coefficient (Wildman–Crippen LogP) is -0.0364. The van der Waals surface area contributed by atoms with Crippen molar-refractivity contribution in [1.82, 2.24) is 10.1 Å². The number of rotatable bonds is 3. The Kier molecular flexibility index (Phi) is 2.76. The summed E-state index contributed by atoms with van der Waals surface area (Å²) >= 11 is 0. The third kappa shape index (κ3) is 1.69. The number of H-pyrrole nitrogens is 1. The summed E-state index contributed by atoms with van der Waals surface area (Å²) in [6.07, 6.45) is 0. The summed E-state index contributed by atoms with van der Waals surface area (Å²) in [4.78, 5) is 23.6. The zero-order chi connectivity index (χ0) is 10.9. The largest absolute Gasteiger partial charge is 0.480 e. The van der Waals surface area contributed by atoms with Crippen LogP contribution in [0.25, 0.3) is 0 Å². The Morgan fingerprint density at radius 1 is 1.57 bits per heavy atom. The molecule has 0 fully saturated rings. The molecule has 0 aliphatic carbocycles. The zero-order valence-electron chi connectivity index (χ0n) is 8.20. The Hall–Kier alpha value is -1.56. The zero-order valence-corrected chi connectivity index (χ0v) is 8.20. The van der Waals surface area contributed by atoms with Crippen molar-refractivity contribution in [2.75, 3.05) is 14.1 Å². The average Bonchev–Trinajstić information content (AvgIpc) is 2.34. The van der Waals surface area contributed by atoms with Crippen LogP contribution < -0.4 is 5.56 Å². The topological polar surface area (TPSA) is 86.5 Å². The average molecular weight is 200 g/mol. The first-order chi connectivity index (χ1) is 6.45. The Balaban J connectivity index is 3.24. The van der Waals surface area contributed by atoms with E-state index in [0.717, 1.165) is 0 Å². The number of carbonyl (C=O) groups is 1. The van der Waals surface area contributed by atoms with Crippen molar-refractivity contribution in [3.05, 3.63) is 21.7 Å². The van der Waals surface area contributed by atoms with Crippen molar-refractivity contribution in [3.63, 3.8) is 0 Å². The molecule has 1 aromatic heterocycles. The van der Waals surface area contributed by atoms with Crippen molar-refractivity contribution in [1.29, 1.82) is 0 Å². The van der Waals surface area contributed by atoms with Gasteiger partial charge < -0.3 is 9.63 Å². The number of carboxylic acid groups (broad SMARTS) is 1. The third-order valence-electron chi connectivity index (χ3n) is 1.94. The van der Waals surface area contributed by atoms with Crippen LogP contribution in [0.5, 0.6) is 0 Å². The first-order valence-corrected chi connectivity index (χ1v) is 4.02. The number of aromatic amines is 1. The van der Waals surface area contributed by atoms with Crippen LogP contribution in [-0.2, 0) is 4.79 Å². The number of hydrogen-bond acceptors (Lipinski definition) is 4. The highest BCUT2D eigenvalue weighted by Crippen LogP contribution is 2.17. The minimum Gasteiger partial charge on any atom is -0.480 e. The molecule has 0 bridgehead atoms. The smallest absolute Gasteiger partial charge is 0.325 e. The number of aromatic nitrogens is 1. The Bertz CT molecular complexity index is 390. The van der Waals surface area contributed by atoms with E-state index >= 15 is 0 Å². The molecule has 1 heterocycles. The SMILES string of the molecule is Cc1o[nH]c(=O)c1[C@H](C(=O)O)N(C)C. The first-order valence-electron chi connectivity index (χ1n) is 4.02. The molecule has 6 nitrogen and oxygen atoms in total. The van der Waals surface area contributed by atoms with Crippen LogP contribution in [0.2, 0.25) is 0 Å². The van der Waals surface area contributed by atoms with E-state index in [4.69, 9.17) is 9.63 Å². The Morgan fingerprint density at radius 3 is 2.43 bits per heavy atom. The summed E-state index contributed by atoms with van der Waals surface area (Å²) in [6, 6.07) is -0.975. The predicted molar refractivity (Wildman–Crippen MR) is 48.1 cm³/mol. The molecule has 0 saturated carbocycles. The van der Waals surface area contributed by atoms with Crippen LogP contribution in [0.3, 0.4) is 0 Å². The molecule has 0 amide bonds. The van der Waals surface area contributed by atoms with E-state index in [1.165, 1.54) is 4.90 Å². The molecule has 0 unspecified atom stereocenters. The van der Waals surface area contributed by atoms with Crippen molar-refractivity contribution in [2.45, 2.75) is 13.0 Å². The van der Waals surface area contributed by atoms with E-state index in [1.807, 2.05) is 0 Å². The van der Waals surface area contributed by atoms with E-state index in [0.29, 0.717) is 5.76 Å². The van der Waals surface area contributed by atoms with Crippen LogP contribution in [0.4, 0.5) is 0 Å². The van der Waals surface area contributed by atoms with Gasteiger partial charge in [0.05, 0.1) is 5.56 Å². The fraction of sp³-hybridized carbons (Fsp3) is 0.500. The lowest BCUT2D eigenvalue weighted by atomic mass is 10.1. The molecule has 1 atom stereocenters. The second-order valence-electron chi connectivity index (χ2n) is 3.21. The highest BCUT2D eigenvalue weighted by molar-refractivity contribution is 5.75. The number of nitrogens with zero attached hydrogens (tertiary/aromatic N) is 1. The Morgan fingerprint density at radius 2 is 2.14 bits per heavy atom. The van der Waals surface area contributed by atoms with E-state index in [2.05, 4.69) is 5.16 Å². The molecule has 0 aliphatic heterocycles. The van der Waals surface area contributed by atoms with Crippen molar-refractivity contribution in [2.24, 2.45) is 0 Å². The molecule has 1 aromatic rings. The van der Waals surface area contributed by atoms with Gasteiger partial charge in [0, 0.05) is 0 Å². The second-order valence-corrected chi connectivity index (χ2v) is 3.21. The van der Waals surface area contributed by atoms with Crippen LogP contribution in [0, 0.1) is 6.92 Å². The molecular weight excluding hydrogens is 188 g/mol. The lowest BCUT2D eigenvalue weighted by Gasteiger charge is -2.17. The molecule has 0 saturated heterocycles. The minimum absolute atomic E-state index is 0.141. The first kappa shape index (κ1) is 10.5. The summed E-state index contributed by atoms with van der Waals surface area (Å²) in [5, 5.41) is 11.0. The maximum atomic E-state index is 11.3. The summed E-state index contributed by atoms with van der Waals surface area (Å²) < 4.78 is 4.75. The van der Waals surface area contributed by atoms with E-state index in [9.17, 15) is 9.59 Å². The van der Waals surface area contributed by atoms with Crippen LogP contribution >= 0.6 is 0 Å². The fourth-order valence-corrected chi connectivity index (χ4v) is 1.31. The van der Waals surface area contributed by atoms with Gasteiger partial charge in [0.15, 0.2) is 0 Å². The number of carboxylic acids is 1. The molecule has 1 rings (SSSR count). The number of aliphatic carboxylic acids is 1. The standard InChI is InChI=1S/C8H12N2O4/c1-4-5(7(11)9-14-4)6(8(12)13)10(2)3/h6H,1-3H3,(H,9,11)(H,12,13)/t6-/m1/s1. The van der Waals surface area contributed by atoms with Gasteiger partial charge in [-0.25, -0.2) is 0 Å². The summed E-state index contributed by atoms with van der Waals surface area (Å²) in [5.41, 5.74) is -0.355. The van der Waals surface area contributed by atoms with Gasteiger partial charge in [-0.15, -0.1) is 0 Å². The van der Waals surface area contributed by atoms with Gasteiger partial charge in [-0.3, -0.25) is 14.5 Å². The number of nitrogens with one attached hydrogen (secondary N) is 1. The number of likely N-dealkylation sites (N-methyl/N-ethyl adjacent to an activating group) is 1. The van der Waals surface area contributed by atoms with Gasteiger partial charge in [0.1, 0.15) is 11.8 Å². The van der Waals surface area contributed by atoms with Crippen molar-refractivity contribution >= 4 is 5.97 Å². The Labute approximate surface area is 80.1 Å². The lowest BCUT2D eigenvalue weighted by Crippen LogP contribution is -2.31. The van der Waals surface area contributed by atoms with Crippen molar-refractivity contribution < 1.29 is 14.4 Å². The third-order valence-corrected chi connectivity index (χ3v) is 1.94. The molecular formula is C8H12N2O4. The van der Waals surface area contributed by atoms with Crippen LogP contribution in [0.15, 0.2) is 9.32 Å². The maximum absolute atomic E-state index is 11.3.